The van der Waals surface area contributed by atoms with Crippen molar-refractivity contribution in [2.24, 2.45) is 11.7 Å². The molecule has 1 heterocycles. The molecule has 7 nitrogen and oxygen atoms in total. The molecule has 0 aliphatic carbocycles. The SMILES string of the molecule is COc1ccc(S(=O)(=O)N2CCC(CO)C2)cc1C(N)=O. The van der Waals surface area contributed by atoms with E-state index < -0.39 is 15.9 Å². The van der Waals surface area contributed by atoms with Gasteiger partial charge in [-0.25, -0.2) is 8.42 Å². The maximum absolute atomic E-state index is 12.5. The highest BCUT2D eigenvalue weighted by Gasteiger charge is 2.32. The second-order valence-corrected chi connectivity index (χ2v) is 6.86. The molecule has 0 saturated carbocycles. The van der Waals surface area contributed by atoms with Gasteiger partial charge in [-0.15, -0.1) is 0 Å². The molecule has 1 saturated heterocycles. The molecule has 0 aromatic heterocycles. The summed E-state index contributed by atoms with van der Waals surface area (Å²) in [5, 5.41) is 9.11. The van der Waals surface area contributed by atoms with Crippen molar-refractivity contribution in [3.63, 3.8) is 0 Å². The second kappa shape index (κ2) is 6.00. The van der Waals surface area contributed by atoms with E-state index in [1.54, 1.807) is 0 Å². The zero-order chi connectivity index (χ0) is 15.6. The number of amides is 1. The molecule has 0 spiro atoms. The fourth-order valence-electron chi connectivity index (χ4n) is 2.35. The van der Waals surface area contributed by atoms with Crippen LogP contribution in [0.4, 0.5) is 0 Å². The number of hydrogen-bond acceptors (Lipinski definition) is 5. The first-order valence-corrected chi connectivity index (χ1v) is 7.93. The highest BCUT2D eigenvalue weighted by molar-refractivity contribution is 7.89. The number of rotatable bonds is 5. The van der Waals surface area contributed by atoms with Gasteiger partial charge in [-0.05, 0) is 30.5 Å². The number of benzene rings is 1. The molecule has 3 N–H and O–H groups in total. The van der Waals surface area contributed by atoms with E-state index in [2.05, 4.69) is 0 Å². The third-order valence-corrected chi connectivity index (χ3v) is 5.44. The Bertz CT molecular complexity index is 644. The number of ether oxygens (including phenoxy) is 1. The minimum absolute atomic E-state index is 0.00399. The van der Waals surface area contributed by atoms with Crippen LogP contribution in [0.25, 0.3) is 0 Å². The van der Waals surface area contributed by atoms with Gasteiger partial charge in [0.25, 0.3) is 5.91 Å². The quantitative estimate of drug-likeness (QED) is 0.782. The summed E-state index contributed by atoms with van der Waals surface area (Å²) >= 11 is 0. The topological polar surface area (TPSA) is 110 Å². The minimum atomic E-state index is -3.70. The van der Waals surface area contributed by atoms with Crippen molar-refractivity contribution >= 4 is 15.9 Å². The van der Waals surface area contributed by atoms with Gasteiger partial charge in [-0.1, -0.05) is 0 Å². The lowest BCUT2D eigenvalue weighted by Gasteiger charge is -2.17. The highest BCUT2D eigenvalue weighted by Crippen LogP contribution is 2.27. The molecule has 21 heavy (non-hydrogen) atoms. The second-order valence-electron chi connectivity index (χ2n) is 4.93. The average molecular weight is 314 g/mol. The molecule has 1 amide bonds. The van der Waals surface area contributed by atoms with Crippen LogP contribution in [-0.4, -0.2) is 50.5 Å². The molecule has 1 aliphatic heterocycles. The summed E-state index contributed by atoms with van der Waals surface area (Å²) < 4.78 is 31.3. The lowest BCUT2D eigenvalue weighted by atomic mass is 10.1. The summed E-state index contributed by atoms with van der Waals surface area (Å²) in [6.45, 7) is 0.587. The number of carbonyl (C=O) groups is 1. The summed E-state index contributed by atoms with van der Waals surface area (Å²) in [5.41, 5.74) is 5.26. The van der Waals surface area contributed by atoms with Crippen LogP contribution in [0.1, 0.15) is 16.8 Å². The van der Waals surface area contributed by atoms with Gasteiger partial charge in [-0.2, -0.15) is 4.31 Å². The molecule has 1 fully saturated rings. The van der Waals surface area contributed by atoms with E-state index >= 15 is 0 Å². The Labute approximate surface area is 123 Å². The number of sulfonamides is 1. The van der Waals surface area contributed by atoms with Gasteiger partial charge < -0.3 is 15.6 Å². The molecule has 116 valence electrons. The van der Waals surface area contributed by atoms with Gasteiger partial charge in [-0.3, -0.25) is 4.79 Å². The van der Waals surface area contributed by atoms with Crippen LogP contribution in [0.2, 0.25) is 0 Å². The van der Waals surface area contributed by atoms with Gasteiger partial charge in [0.05, 0.1) is 17.6 Å². The van der Waals surface area contributed by atoms with Crippen LogP contribution >= 0.6 is 0 Å². The number of carbonyl (C=O) groups excluding carboxylic acids is 1. The summed E-state index contributed by atoms with van der Waals surface area (Å²) in [4.78, 5) is 11.4. The number of hydrogen-bond donors (Lipinski definition) is 2. The zero-order valence-electron chi connectivity index (χ0n) is 11.7. The van der Waals surface area contributed by atoms with Gasteiger partial charge in [0.15, 0.2) is 0 Å². The Morgan fingerprint density at radius 1 is 1.52 bits per heavy atom. The number of aliphatic hydroxyl groups is 1. The Morgan fingerprint density at radius 2 is 2.24 bits per heavy atom. The fraction of sp³-hybridized carbons (Fsp3) is 0.462. The van der Waals surface area contributed by atoms with E-state index in [1.165, 1.54) is 29.6 Å². The zero-order valence-corrected chi connectivity index (χ0v) is 12.5. The molecule has 1 aliphatic rings. The third-order valence-electron chi connectivity index (χ3n) is 3.58. The van der Waals surface area contributed by atoms with Crippen LogP contribution in [0.15, 0.2) is 23.1 Å². The Balaban J connectivity index is 2.37. The van der Waals surface area contributed by atoms with Crippen LogP contribution < -0.4 is 10.5 Å². The molecule has 1 atom stereocenters. The number of aliphatic hydroxyl groups excluding tert-OH is 1. The minimum Gasteiger partial charge on any atom is -0.496 e. The fourth-order valence-corrected chi connectivity index (χ4v) is 3.91. The van der Waals surface area contributed by atoms with E-state index in [0.717, 1.165) is 0 Å². The number of methoxy groups -OCH3 is 1. The third kappa shape index (κ3) is 3.02. The molecule has 1 unspecified atom stereocenters. The average Bonchev–Trinajstić information content (AvgIpc) is 2.96. The van der Waals surface area contributed by atoms with E-state index in [0.29, 0.717) is 13.0 Å². The van der Waals surface area contributed by atoms with E-state index in [4.69, 9.17) is 15.6 Å². The van der Waals surface area contributed by atoms with Crippen LogP contribution in [0.3, 0.4) is 0 Å². The molecule has 1 aromatic rings. The van der Waals surface area contributed by atoms with Crippen molar-refractivity contribution in [1.29, 1.82) is 0 Å². The van der Waals surface area contributed by atoms with Gasteiger partial charge >= 0.3 is 0 Å². The first kappa shape index (κ1) is 15.7. The van der Waals surface area contributed by atoms with Crippen molar-refractivity contribution in [3.8, 4) is 5.75 Å². The van der Waals surface area contributed by atoms with Crippen molar-refractivity contribution in [2.45, 2.75) is 11.3 Å². The van der Waals surface area contributed by atoms with Gasteiger partial charge in [0, 0.05) is 19.7 Å². The lowest BCUT2D eigenvalue weighted by Crippen LogP contribution is -2.29. The standard InChI is InChI=1S/C13H18N2O5S/c1-20-12-3-2-10(6-11(12)13(14)17)21(18,19)15-5-4-9(7-15)8-16/h2-3,6,9,16H,4-5,7-8H2,1H3,(H2,14,17). The summed E-state index contributed by atoms with van der Waals surface area (Å²) in [6.07, 6.45) is 0.620. The Morgan fingerprint density at radius 3 is 2.76 bits per heavy atom. The predicted octanol–water partition coefficient (Wildman–Crippen LogP) is -0.203. The van der Waals surface area contributed by atoms with Crippen molar-refractivity contribution < 1.29 is 23.1 Å². The number of primary amides is 1. The van der Waals surface area contributed by atoms with E-state index in [1.807, 2.05) is 0 Å². The largest absolute Gasteiger partial charge is 0.496 e. The molecule has 0 bridgehead atoms. The molecule has 0 radical (unpaired) electrons. The maximum atomic E-state index is 12.5. The summed E-state index contributed by atoms with van der Waals surface area (Å²) in [6, 6.07) is 4.02. The summed E-state index contributed by atoms with van der Waals surface area (Å²) in [7, 11) is -2.33. The lowest BCUT2D eigenvalue weighted by molar-refractivity contribution is 0.0997. The molecule has 8 heteroatoms. The summed E-state index contributed by atoms with van der Waals surface area (Å²) in [5.74, 6) is -0.566. The molecule has 2 rings (SSSR count). The first-order chi connectivity index (χ1) is 9.90. The van der Waals surface area contributed by atoms with Crippen LogP contribution in [0.5, 0.6) is 5.75 Å². The Hall–Kier alpha value is -1.64. The first-order valence-electron chi connectivity index (χ1n) is 6.49. The van der Waals surface area contributed by atoms with E-state index in [9.17, 15) is 13.2 Å². The Kier molecular flexibility index (Phi) is 4.50. The van der Waals surface area contributed by atoms with Gasteiger partial charge in [0.1, 0.15) is 5.75 Å². The van der Waals surface area contributed by atoms with Crippen molar-refractivity contribution in [3.05, 3.63) is 23.8 Å². The number of nitrogens with two attached hydrogens (primary N) is 1. The van der Waals surface area contributed by atoms with Crippen LogP contribution in [0, 0.1) is 5.92 Å². The van der Waals surface area contributed by atoms with Crippen molar-refractivity contribution in [2.75, 3.05) is 26.8 Å². The smallest absolute Gasteiger partial charge is 0.252 e. The number of nitrogens with zero attached hydrogens (tertiary/aromatic N) is 1. The van der Waals surface area contributed by atoms with Crippen molar-refractivity contribution in [1.82, 2.24) is 4.31 Å². The molecular formula is C13H18N2O5S. The van der Waals surface area contributed by atoms with Crippen LogP contribution in [-0.2, 0) is 10.0 Å². The van der Waals surface area contributed by atoms with E-state index in [-0.39, 0.29) is 35.3 Å². The molecular weight excluding hydrogens is 296 g/mol. The monoisotopic (exact) mass is 314 g/mol. The highest BCUT2D eigenvalue weighted by atomic mass is 32.2. The predicted molar refractivity (Wildman–Crippen MR) is 75.5 cm³/mol. The van der Waals surface area contributed by atoms with Gasteiger partial charge in [0.2, 0.25) is 10.0 Å². The normalized spacial score (nSPS) is 19.6. The maximum Gasteiger partial charge on any atom is 0.252 e. The molecule has 1 aromatic carbocycles.